The second-order valence-electron chi connectivity index (χ2n) is 4.71. The van der Waals surface area contributed by atoms with Crippen LogP contribution < -0.4 is 9.47 Å². The second kappa shape index (κ2) is 7.40. The van der Waals surface area contributed by atoms with Crippen molar-refractivity contribution in [1.29, 1.82) is 0 Å². The van der Waals surface area contributed by atoms with Gasteiger partial charge in [-0.3, -0.25) is 0 Å². The van der Waals surface area contributed by atoms with E-state index in [2.05, 4.69) is 9.97 Å². The fourth-order valence-corrected chi connectivity index (χ4v) is 2.45. The first-order chi connectivity index (χ1) is 10.7. The average Bonchev–Trinajstić information content (AvgIpc) is 2.97. The molecule has 1 heterocycles. The van der Waals surface area contributed by atoms with Gasteiger partial charge in [0.1, 0.15) is 11.5 Å². The van der Waals surface area contributed by atoms with Gasteiger partial charge < -0.3 is 14.5 Å². The molecule has 0 fully saturated rings. The highest BCUT2D eigenvalue weighted by Crippen LogP contribution is 2.33. The normalized spacial score (nSPS) is 10.0. The number of rotatable bonds is 4. The lowest BCUT2D eigenvalue weighted by molar-refractivity contribution is 0.414. The lowest BCUT2D eigenvalue weighted by atomic mass is 10.0. The van der Waals surface area contributed by atoms with Crippen LogP contribution in [0.5, 0.6) is 11.5 Å². The Morgan fingerprint density at radius 2 is 1.30 bits per heavy atom. The summed E-state index contributed by atoms with van der Waals surface area (Å²) in [6, 6.07) is 15.5. The quantitative estimate of drug-likeness (QED) is 0.732. The van der Waals surface area contributed by atoms with Crippen LogP contribution in [0.4, 0.5) is 0 Å². The molecule has 2 aromatic carbocycles. The Hall–Kier alpha value is -2.17. The molecule has 0 spiro atoms. The molecule has 0 saturated heterocycles. The van der Waals surface area contributed by atoms with Crippen LogP contribution in [0.3, 0.4) is 0 Å². The second-order valence-corrected chi connectivity index (χ2v) is 5.07. The largest absolute Gasteiger partial charge is 0.497 e. The van der Waals surface area contributed by atoms with E-state index in [4.69, 9.17) is 21.1 Å². The van der Waals surface area contributed by atoms with Crippen molar-refractivity contribution < 1.29 is 9.47 Å². The standard InChI is InChI=1S/C17H15ClN2O2.ClH/c1-21-13-7-3-11(4-8-13)15-16(20-17(18)19-15)12-5-9-14(22-2)10-6-12;/h3-10H,1-2H3,(H,19,20);1H. The molecule has 0 aliphatic rings. The average molecular weight is 351 g/mol. The maximum absolute atomic E-state index is 6.07. The molecule has 0 atom stereocenters. The molecule has 1 aromatic heterocycles. The molecule has 0 amide bonds. The molecule has 3 rings (SSSR count). The van der Waals surface area contributed by atoms with Crippen molar-refractivity contribution in [2.75, 3.05) is 14.2 Å². The number of H-pyrrole nitrogens is 1. The van der Waals surface area contributed by atoms with E-state index in [1.54, 1.807) is 14.2 Å². The fraction of sp³-hybridized carbons (Fsp3) is 0.118. The summed E-state index contributed by atoms with van der Waals surface area (Å²) in [6.45, 7) is 0. The number of aromatic nitrogens is 2. The topological polar surface area (TPSA) is 47.1 Å². The van der Waals surface area contributed by atoms with E-state index < -0.39 is 0 Å². The van der Waals surface area contributed by atoms with Gasteiger partial charge in [-0.05, 0) is 60.1 Å². The molecule has 6 heteroatoms. The summed E-state index contributed by atoms with van der Waals surface area (Å²) < 4.78 is 10.4. The predicted molar refractivity (Wildman–Crippen MR) is 94.8 cm³/mol. The summed E-state index contributed by atoms with van der Waals surface area (Å²) in [5.74, 6) is 1.61. The van der Waals surface area contributed by atoms with Crippen LogP contribution in [0.1, 0.15) is 0 Å². The minimum absolute atomic E-state index is 0. The number of halogens is 2. The summed E-state index contributed by atoms with van der Waals surface area (Å²) in [7, 11) is 3.29. The van der Waals surface area contributed by atoms with Gasteiger partial charge in [0.2, 0.25) is 5.28 Å². The summed E-state index contributed by atoms with van der Waals surface area (Å²) in [5.41, 5.74) is 3.64. The summed E-state index contributed by atoms with van der Waals surface area (Å²) in [5, 5.41) is 0.358. The zero-order valence-electron chi connectivity index (χ0n) is 12.7. The van der Waals surface area contributed by atoms with E-state index in [1.165, 1.54) is 0 Å². The first-order valence-electron chi connectivity index (χ1n) is 6.75. The van der Waals surface area contributed by atoms with E-state index in [0.29, 0.717) is 5.28 Å². The number of methoxy groups -OCH3 is 2. The SMILES string of the molecule is COc1ccc(-c2nc(Cl)[nH]c2-c2ccc(OC)cc2)cc1.Cl. The number of aromatic amines is 1. The van der Waals surface area contributed by atoms with Crippen molar-refractivity contribution >= 4 is 24.0 Å². The molecular weight excluding hydrogens is 335 g/mol. The highest BCUT2D eigenvalue weighted by molar-refractivity contribution is 6.28. The van der Waals surface area contributed by atoms with Crippen molar-refractivity contribution in [1.82, 2.24) is 9.97 Å². The lowest BCUT2D eigenvalue weighted by Crippen LogP contribution is -1.87. The third-order valence-corrected chi connectivity index (χ3v) is 3.60. The lowest BCUT2D eigenvalue weighted by Gasteiger charge is -2.06. The molecule has 0 aliphatic carbocycles. The van der Waals surface area contributed by atoms with Gasteiger partial charge in [-0.2, -0.15) is 0 Å². The highest BCUT2D eigenvalue weighted by atomic mass is 35.5. The van der Waals surface area contributed by atoms with Crippen LogP contribution in [-0.2, 0) is 0 Å². The number of hydrogen-bond acceptors (Lipinski definition) is 3. The number of nitrogens with zero attached hydrogens (tertiary/aromatic N) is 1. The molecular formula is C17H16Cl2N2O2. The monoisotopic (exact) mass is 350 g/mol. The van der Waals surface area contributed by atoms with E-state index in [-0.39, 0.29) is 12.4 Å². The minimum atomic E-state index is 0. The molecule has 0 unspecified atom stereocenters. The first-order valence-corrected chi connectivity index (χ1v) is 7.13. The molecule has 120 valence electrons. The van der Waals surface area contributed by atoms with Crippen molar-refractivity contribution in [2.24, 2.45) is 0 Å². The van der Waals surface area contributed by atoms with Crippen molar-refractivity contribution in [3.05, 3.63) is 53.8 Å². The minimum Gasteiger partial charge on any atom is -0.497 e. The fourth-order valence-electron chi connectivity index (χ4n) is 2.27. The summed E-state index contributed by atoms with van der Waals surface area (Å²) in [6.07, 6.45) is 0. The molecule has 0 aliphatic heterocycles. The molecule has 4 nitrogen and oxygen atoms in total. The van der Waals surface area contributed by atoms with Gasteiger partial charge >= 0.3 is 0 Å². The van der Waals surface area contributed by atoms with Crippen LogP contribution in [-0.4, -0.2) is 24.2 Å². The number of imidazole rings is 1. The molecule has 0 radical (unpaired) electrons. The van der Waals surface area contributed by atoms with Gasteiger partial charge in [-0.1, -0.05) is 0 Å². The number of hydrogen-bond donors (Lipinski definition) is 1. The van der Waals surface area contributed by atoms with Crippen LogP contribution >= 0.6 is 24.0 Å². The molecule has 0 bridgehead atoms. The van der Waals surface area contributed by atoms with Crippen LogP contribution in [0.2, 0.25) is 5.28 Å². The summed E-state index contributed by atoms with van der Waals surface area (Å²) in [4.78, 5) is 7.50. The van der Waals surface area contributed by atoms with Crippen LogP contribution in [0.15, 0.2) is 48.5 Å². The van der Waals surface area contributed by atoms with Gasteiger partial charge in [0, 0.05) is 11.1 Å². The van der Waals surface area contributed by atoms with Crippen molar-refractivity contribution in [3.8, 4) is 34.0 Å². The maximum atomic E-state index is 6.07. The maximum Gasteiger partial charge on any atom is 0.201 e. The number of ether oxygens (including phenoxy) is 2. The Morgan fingerprint density at radius 1 is 0.826 bits per heavy atom. The Morgan fingerprint density at radius 3 is 1.78 bits per heavy atom. The molecule has 3 aromatic rings. The van der Waals surface area contributed by atoms with Gasteiger partial charge in [-0.15, -0.1) is 12.4 Å². The first kappa shape index (κ1) is 17.2. The third-order valence-electron chi connectivity index (χ3n) is 3.42. The van der Waals surface area contributed by atoms with Gasteiger partial charge in [0.25, 0.3) is 0 Å². The van der Waals surface area contributed by atoms with Crippen molar-refractivity contribution in [3.63, 3.8) is 0 Å². The zero-order chi connectivity index (χ0) is 15.5. The van der Waals surface area contributed by atoms with Gasteiger partial charge in [-0.25, -0.2) is 4.98 Å². The molecule has 0 saturated carbocycles. The van der Waals surface area contributed by atoms with Crippen LogP contribution in [0, 0.1) is 0 Å². The third kappa shape index (κ3) is 3.60. The van der Waals surface area contributed by atoms with Crippen molar-refractivity contribution in [2.45, 2.75) is 0 Å². The molecule has 23 heavy (non-hydrogen) atoms. The van der Waals surface area contributed by atoms with Gasteiger partial charge in [0.15, 0.2) is 0 Å². The zero-order valence-corrected chi connectivity index (χ0v) is 14.2. The van der Waals surface area contributed by atoms with E-state index in [9.17, 15) is 0 Å². The van der Waals surface area contributed by atoms with E-state index in [1.807, 2.05) is 48.5 Å². The Bertz CT molecular complexity index is 703. The highest BCUT2D eigenvalue weighted by Gasteiger charge is 2.13. The smallest absolute Gasteiger partial charge is 0.201 e. The van der Waals surface area contributed by atoms with Gasteiger partial charge in [0.05, 0.1) is 25.6 Å². The van der Waals surface area contributed by atoms with E-state index in [0.717, 1.165) is 34.0 Å². The Kier molecular flexibility index (Phi) is 5.53. The predicted octanol–water partition coefficient (Wildman–Crippen LogP) is 4.84. The van der Waals surface area contributed by atoms with E-state index >= 15 is 0 Å². The Balaban J connectivity index is 0.00000192. The number of benzene rings is 2. The van der Waals surface area contributed by atoms with Crippen LogP contribution in [0.25, 0.3) is 22.5 Å². The molecule has 1 N–H and O–H groups in total. The summed E-state index contributed by atoms with van der Waals surface area (Å²) >= 11 is 6.07. The number of nitrogens with one attached hydrogen (secondary N) is 1. The Labute approximate surface area is 145 Å².